The van der Waals surface area contributed by atoms with Crippen LogP contribution in [0.5, 0.6) is 5.75 Å². The smallest absolute Gasteiger partial charge is 0.132 e. The number of Topliss-reactive ketones (excluding diaryl/α,β-unsaturated/α-hetero) is 1. The zero-order valence-corrected chi connectivity index (χ0v) is 17.1. The minimum Gasteiger partial charge on any atom is -0.508 e. The third-order valence-corrected chi connectivity index (χ3v) is 7.52. The lowest BCUT2D eigenvalue weighted by Gasteiger charge is -2.62. The van der Waals surface area contributed by atoms with Crippen molar-refractivity contribution >= 4 is 5.78 Å². The first-order chi connectivity index (χ1) is 12.2. The van der Waals surface area contributed by atoms with Crippen LogP contribution in [0, 0.1) is 11.3 Å². The number of carbonyl (C=O) groups is 1. The zero-order valence-electron chi connectivity index (χ0n) is 17.1. The molecule has 0 radical (unpaired) electrons. The maximum atomic E-state index is 12.5. The molecule has 0 spiro atoms. The lowest BCUT2D eigenvalue weighted by molar-refractivity contribution is -0.121. The summed E-state index contributed by atoms with van der Waals surface area (Å²) < 4.78 is 0. The SMILES string of the molecule is CC(C)CCC(=O)CC[C@@]1(C)C2Cc3ccc(O)cc3[C@@]1(C)CCN2C. The van der Waals surface area contributed by atoms with Gasteiger partial charge in [-0.1, -0.05) is 33.8 Å². The van der Waals surface area contributed by atoms with Crippen LogP contribution in [-0.2, 0) is 16.6 Å². The van der Waals surface area contributed by atoms with Gasteiger partial charge in [0.2, 0.25) is 0 Å². The molecule has 2 bridgehead atoms. The van der Waals surface area contributed by atoms with Gasteiger partial charge in [0.25, 0.3) is 0 Å². The second kappa shape index (κ2) is 6.99. The Hall–Kier alpha value is -1.35. The summed E-state index contributed by atoms with van der Waals surface area (Å²) in [5.41, 5.74) is 2.73. The molecule has 3 atom stereocenters. The van der Waals surface area contributed by atoms with E-state index in [1.807, 2.05) is 12.1 Å². The first kappa shape index (κ1) is 19.4. The Morgan fingerprint density at radius 1 is 1.31 bits per heavy atom. The van der Waals surface area contributed by atoms with Crippen LogP contribution in [0.2, 0.25) is 0 Å². The quantitative estimate of drug-likeness (QED) is 0.802. The third-order valence-electron chi connectivity index (χ3n) is 7.52. The van der Waals surface area contributed by atoms with Crippen LogP contribution in [0.15, 0.2) is 18.2 Å². The molecule has 3 nitrogen and oxygen atoms in total. The molecule has 1 heterocycles. The summed E-state index contributed by atoms with van der Waals surface area (Å²) >= 11 is 0. The van der Waals surface area contributed by atoms with Crippen LogP contribution < -0.4 is 0 Å². The molecule has 0 aromatic heterocycles. The predicted molar refractivity (Wildman–Crippen MR) is 107 cm³/mol. The number of rotatable bonds is 6. The summed E-state index contributed by atoms with van der Waals surface area (Å²) in [6.07, 6.45) is 5.41. The Morgan fingerprint density at radius 3 is 2.73 bits per heavy atom. The molecule has 1 N–H and O–H groups in total. The molecule has 1 fully saturated rings. The summed E-state index contributed by atoms with van der Waals surface area (Å²) in [6, 6.07) is 6.35. The normalized spacial score (nSPS) is 31.1. The molecule has 1 aromatic carbocycles. The molecule has 144 valence electrons. The predicted octanol–water partition coefficient (Wildman–Crippen LogP) is 4.70. The number of benzene rings is 1. The highest BCUT2D eigenvalue weighted by atomic mass is 16.3. The maximum absolute atomic E-state index is 12.5. The Morgan fingerprint density at radius 2 is 2.04 bits per heavy atom. The highest BCUT2D eigenvalue weighted by Gasteiger charge is 2.57. The second-order valence-electron chi connectivity index (χ2n) is 9.51. The van der Waals surface area contributed by atoms with E-state index in [1.54, 1.807) is 0 Å². The average molecular weight is 358 g/mol. The number of likely N-dealkylation sites (N-methyl/N-ethyl adjacent to an activating group) is 1. The van der Waals surface area contributed by atoms with Gasteiger partial charge >= 0.3 is 0 Å². The fourth-order valence-corrected chi connectivity index (χ4v) is 5.40. The molecule has 1 aliphatic heterocycles. The van der Waals surface area contributed by atoms with E-state index >= 15 is 0 Å². The van der Waals surface area contributed by atoms with Gasteiger partial charge < -0.3 is 10.0 Å². The van der Waals surface area contributed by atoms with Crippen molar-refractivity contribution in [3.05, 3.63) is 29.3 Å². The number of ketones is 1. The number of hydrogen-bond acceptors (Lipinski definition) is 3. The number of nitrogens with zero attached hydrogens (tertiary/aromatic N) is 1. The average Bonchev–Trinajstić information content (AvgIpc) is 2.59. The van der Waals surface area contributed by atoms with Crippen molar-refractivity contribution in [3.8, 4) is 5.75 Å². The topological polar surface area (TPSA) is 40.5 Å². The van der Waals surface area contributed by atoms with E-state index in [9.17, 15) is 9.90 Å². The Balaban J connectivity index is 1.88. The van der Waals surface area contributed by atoms with Crippen LogP contribution in [0.4, 0.5) is 0 Å². The highest BCUT2D eigenvalue weighted by Crippen LogP contribution is 2.58. The summed E-state index contributed by atoms with van der Waals surface area (Å²) in [7, 11) is 2.23. The monoisotopic (exact) mass is 357 g/mol. The van der Waals surface area contributed by atoms with Crippen molar-refractivity contribution in [3.63, 3.8) is 0 Å². The van der Waals surface area contributed by atoms with E-state index in [1.165, 1.54) is 11.1 Å². The van der Waals surface area contributed by atoms with Crippen LogP contribution in [0.1, 0.15) is 70.9 Å². The van der Waals surface area contributed by atoms with E-state index in [4.69, 9.17) is 0 Å². The van der Waals surface area contributed by atoms with Gasteiger partial charge in [-0.25, -0.2) is 0 Å². The number of piperidine rings is 1. The van der Waals surface area contributed by atoms with Gasteiger partial charge in [0, 0.05) is 24.3 Å². The number of fused-ring (bicyclic) bond motifs is 4. The van der Waals surface area contributed by atoms with Crippen molar-refractivity contribution in [2.75, 3.05) is 13.6 Å². The first-order valence-corrected chi connectivity index (χ1v) is 10.2. The minimum atomic E-state index is 0.00876. The van der Waals surface area contributed by atoms with E-state index in [0.29, 0.717) is 36.3 Å². The van der Waals surface area contributed by atoms with Crippen LogP contribution in [-0.4, -0.2) is 35.4 Å². The van der Waals surface area contributed by atoms with Crippen molar-refractivity contribution < 1.29 is 9.90 Å². The summed E-state index contributed by atoms with van der Waals surface area (Å²) in [5.74, 6) is 1.35. The van der Waals surface area contributed by atoms with E-state index in [2.05, 4.69) is 45.7 Å². The van der Waals surface area contributed by atoms with Gasteiger partial charge in [-0.05, 0) is 73.9 Å². The Bertz CT molecular complexity index is 683. The molecular weight excluding hydrogens is 322 g/mol. The highest BCUT2D eigenvalue weighted by molar-refractivity contribution is 5.78. The van der Waals surface area contributed by atoms with Crippen LogP contribution >= 0.6 is 0 Å². The van der Waals surface area contributed by atoms with Crippen molar-refractivity contribution in [1.29, 1.82) is 0 Å². The van der Waals surface area contributed by atoms with Crippen LogP contribution in [0.3, 0.4) is 0 Å². The maximum Gasteiger partial charge on any atom is 0.132 e. The van der Waals surface area contributed by atoms with Gasteiger partial charge in [-0.3, -0.25) is 4.79 Å². The lowest BCUT2D eigenvalue weighted by atomic mass is 9.49. The number of hydrogen-bond donors (Lipinski definition) is 1. The van der Waals surface area contributed by atoms with Gasteiger partial charge in [0.1, 0.15) is 11.5 Å². The fourth-order valence-electron chi connectivity index (χ4n) is 5.40. The number of aromatic hydroxyl groups is 1. The molecule has 3 heteroatoms. The van der Waals surface area contributed by atoms with Crippen molar-refractivity contribution in [2.45, 2.75) is 77.7 Å². The Kier molecular flexibility index (Phi) is 5.22. The molecular formula is C23H35NO2. The largest absolute Gasteiger partial charge is 0.508 e. The van der Waals surface area contributed by atoms with E-state index in [0.717, 1.165) is 32.2 Å². The van der Waals surface area contributed by atoms with E-state index < -0.39 is 0 Å². The number of likely N-dealkylation sites (tertiary alicyclic amines) is 1. The molecule has 1 aliphatic carbocycles. The van der Waals surface area contributed by atoms with Crippen molar-refractivity contribution in [1.82, 2.24) is 4.90 Å². The zero-order chi connectivity index (χ0) is 19.1. The van der Waals surface area contributed by atoms with Gasteiger partial charge in [0.05, 0.1) is 0 Å². The van der Waals surface area contributed by atoms with E-state index in [-0.39, 0.29) is 10.8 Å². The minimum absolute atomic E-state index is 0.00876. The lowest BCUT2D eigenvalue weighted by Crippen LogP contribution is -2.64. The molecule has 3 rings (SSSR count). The Labute approximate surface area is 158 Å². The molecule has 2 aliphatic rings. The number of phenols is 1. The molecule has 0 saturated carbocycles. The molecule has 0 amide bonds. The van der Waals surface area contributed by atoms with Gasteiger partial charge in [-0.2, -0.15) is 0 Å². The summed E-state index contributed by atoms with van der Waals surface area (Å²) in [4.78, 5) is 15.0. The number of phenolic OH excluding ortho intramolecular Hbond substituents is 1. The van der Waals surface area contributed by atoms with Crippen molar-refractivity contribution in [2.24, 2.45) is 11.3 Å². The summed E-state index contributed by atoms with van der Waals surface area (Å²) in [5, 5.41) is 10.1. The molecule has 26 heavy (non-hydrogen) atoms. The van der Waals surface area contributed by atoms with Crippen LogP contribution in [0.25, 0.3) is 0 Å². The first-order valence-electron chi connectivity index (χ1n) is 10.2. The van der Waals surface area contributed by atoms with Gasteiger partial charge in [0.15, 0.2) is 0 Å². The summed E-state index contributed by atoms with van der Waals surface area (Å²) in [6.45, 7) is 10.2. The molecule has 1 aromatic rings. The van der Waals surface area contributed by atoms with Gasteiger partial charge in [-0.15, -0.1) is 0 Å². The second-order valence-corrected chi connectivity index (χ2v) is 9.51. The molecule has 1 saturated heterocycles. The standard InChI is InChI=1S/C23H35NO2/c1-16(2)6-8-18(25)10-11-23(4)21-14-17-7-9-19(26)15-20(17)22(23,3)12-13-24(21)5/h7,9,15-16,21,26H,6,8,10-14H2,1-5H3/t21?,22-,23+/m1/s1. The molecule has 1 unspecified atom stereocenters. The number of carbonyl (C=O) groups excluding carboxylic acids is 1. The fraction of sp³-hybridized carbons (Fsp3) is 0.696. The third kappa shape index (κ3) is 3.19.